The van der Waals surface area contributed by atoms with Crippen molar-refractivity contribution in [3.05, 3.63) is 0 Å². The molecule has 3 nitrogen and oxygen atoms in total. The Morgan fingerprint density at radius 3 is 2.67 bits per heavy atom. The van der Waals surface area contributed by atoms with Gasteiger partial charge in [0.25, 0.3) is 0 Å². The molecule has 4 heteroatoms. The fraction of sp³-hybridized carbons (Fsp3) is 0.875. The van der Waals surface area contributed by atoms with Gasteiger partial charge in [-0.3, -0.25) is 9.69 Å². The molecule has 0 amide bonds. The second-order valence-electron chi connectivity index (χ2n) is 3.66. The van der Waals surface area contributed by atoms with Gasteiger partial charge in [-0.1, -0.05) is 0 Å². The van der Waals surface area contributed by atoms with Crippen molar-refractivity contribution < 1.29 is 9.90 Å². The standard InChI is InChI=1S/C8H13NO2.ClH/c10-8(11)5-9-4-6-1-2-7(9)3-6;/h6-7H,1-5H2,(H,10,11);1H. The van der Waals surface area contributed by atoms with E-state index in [1.165, 1.54) is 19.3 Å². The van der Waals surface area contributed by atoms with Crippen molar-refractivity contribution >= 4 is 18.4 Å². The van der Waals surface area contributed by atoms with Gasteiger partial charge in [0.2, 0.25) is 0 Å². The first-order chi connectivity index (χ1) is 5.25. The average molecular weight is 192 g/mol. The highest BCUT2D eigenvalue weighted by atomic mass is 35.5. The van der Waals surface area contributed by atoms with Crippen molar-refractivity contribution in [3.63, 3.8) is 0 Å². The molecule has 1 saturated carbocycles. The van der Waals surface area contributed by atoms with Crippen molar-refractivity contribution in [2.24, 2.45) is 5.92 Å². The lowest BCUT2D eigenvalue weighted by Crippen LogP contribution is -2.36. The minimum Gasteiger partial charge on any atom is -0.480 e. The van der Waals surface area contributed by atoms with Crippen molar-refractivity contribution in [1.82, 2.24) is 4.90 Å². The summed E-state index contributed by atoms with van der Waals surface area (Å²) in [5.74, 6) is 0.122. The Morgan fingerprint density at radius 2 is 2.25 bits per heavy atom. The molecule has 2 rings (SSSR count). The zero-order chi connectivity index (χ0) is 7.84. The number of hydrogen-bond donors (Lipinski definition) is 1. The molecule has 2 bridgehead atoms. The van der Waals surface area contributed by atoms with E-state index in [0.29, 0.717) is 6.04 Å². The lowest BCUT2D eigenvalue weighted by Gasteiger charge is -2.24. The quantitative estimate of drug-likeness (QED) is 0.708. The number of likely N-dealkylation sites (tertiary alicyclic amines) is 1. The average Bonchev–Trinajstić information content (AvgIpc) is 2.45. The van der Waals surface area contributed by atoms with E-state index in [1.54, 1.807) is 0 Å². The Labute approximate surface area is 78.2 Å². The van der Waals surface area contributed by atoms with Crippen LogP contribution in [-0.2, 0) is 4.79 Å². The van der Waals surface area contributed by atoms with Crippen LogP contribution in [0.15, 0.2) is 0 Å². The molecule has 0 spiro atoms. The molecule has 1 N–H and O–H groups in total. The first-order valence-corrected chi connectivity index (χ1v) is 4.21. The maximum absolute atomic E-state index is 10.4. The summed E-state index contributed by atoms with van der Waals surface area (Å²) in [5.41, 5.74) is 0. The lowest BCUT2D eigenvalue weighted by atomic mass is 10.1. The minimum absolute atomic E-state index is 0. The molecule has 2 aliphatic rings. The molecule has 1 heterocycles. The molecule has 0 aromatic rings. The molecule has 1 aliphatic carbocycles. The highest BCUT2D eigenvalue weighted by Crippen LogP contribution is 2.36. The van der Waals surface area contributed by atoms with Gasteiger partial charge >= 0.3 is 5.97 Å². The first-order valence-electron chi connectivity index (χ1n) is 4.21. The lowest BCUT2D eigenvalue weighted by molar-refractivity contribution is -0.138. The fourth-order valence-corrected chi connectivity index (χ4v) is 2.39. The van der Waals surface area contributed by atoms with Crippen LogP contribution in [0.25, 0.3) is 0 Å². The number of halogens is 1. The number of hydrogen-bond acceptors (Lipinski definition) is 2. The van der Waals surface area contributed by atoms with Crippen molar-refractivity contribution in [2.75, 3.05) is 13.1 Å². The molecule has 1 aliphatic heterocycles. The largest absolute Gasteiger partial charge is 0.480 e. The van der Waals surface area contributed by atoms with Crippen LogP contribution in [0.5, 0.6) is 0 Å². The predicted molar refractivity (Wildman–Crippen MR) is 47.6 cm³/mol. The van der Waals surface area contributed by atoms with Crippen molar-refractivity contribution in [1.29, 1.82) is 0 Å². The first kappa shape index (κ1) is 9.81. The van der Waals surface area contributed by atoms with E-state index in [0.717, 1.165) is 12.5 Å². The molecule has 12 heavy (non-hydrogen) atoms. The molecular weight excluding hydrogens is 178 g/mol. The van der Waals surface area contributed by atoms with Gasteiger partial charge in [0.15, 0.2) is 0 Å². The van der Waals surface area contributed by atoms with E-state index in [1.807, 2.05) is 0 Å². The number of rotatable bonds is 2. The fourth-order valence-electron chi connectivity index (χ4n) is 2.39. The number of aliphatic carboxylic acids is 1. The summed E-state index contributed by atoms with van der Waals surface area (Å²) >= 11 is 0. The summed E-state index contributed by atoms with van der Waals surface area (Å²) in [7, 11) is 0. The Hall–Kier alpha value is -0.280. The minimum atomic E-state index is -0.683. The van der Waals surface area contributed by atoms with Gasteiger partial charge in [-0.2, -0.15) is 0 Å². The summed E-state index contributed by atoms with van der Waals surface area (Å²) in [4.78, 5) is 12.5. The van der Waals surface area contributed by atoms with Gasteiger partial charge in [0.1, 0.15) is 0 Å². The molecule has 2 atom stereocenters. The van der Waals surface area contributed by atoms with Gasteiger partial charge in [-0.25, -0.2) is 0 Å². The highest BCUT2D eigenvalue weighted by Gasteiger charge is 2.38. The number of nitrogens with zero attached hydrogens (tertiary/aromatic N) is 1. The molecule has 0 aromatic carbocycles. The summed E-state index contributed by atoms with van der Waals surface area (Å²) in [5, 5.41) is 8.56. The number of carboxylic acids is 1. The molecule has 2 fully saturated rings. The van der Waals surface area contributed by atoms with E-state index in [4.69, 9.17) is 5.11 Å². The third kappa shape index (κ3) is 1.72. The third-order valence-electron chi connectivity index (χ3n) is 2.86. The Bertz CT molecular complexity index is 186. The second-order valence-corrected chi connectivity index (χ2v) is 3.66. The van der Waals surface area contributed by atoms with E-state index in [9.17, 15) is 4.79 Å². The highest BCUT2D eigenvalue weighted by molar-refractivity contribution is 5.85. The van der Waals surface area contributed by atoms with Gasteiger partial charge in [0, 0.05) is 12.6 Å². The zero-order valence-corrected chi connectivity index (χ0v) is 7.72. The molecule has 2 unspecified atom stereocenters. The van der Waals surface area contributed by atoms with Crippen molar-refractivity contribution in [3.8, 4) is 0 Å². The van der Waals surface area contributed by atoms with Crippen LogP contribution >= 0.6 is 12.4 Å². The number of piperidine rings is 1. The smallest absolute Gasteiger partial charge is 0.317 e. The van der Waals surface area contributed by atoms with Crippen LogP contribution in [0.3, 0.4) is 0 Å². The predicted octanol–water partition coefficient (Wildman–Crippen LogP) is 0.977. The molecule has 0 radical (unpaired) electrons. The molecule has 0 aromatic heterocycles. The van der Waals surface area contributed by atoms with E-state index in [2.05, 4.69) is 4.90 Å². The Morgan fingerprint density at radius 1 is 1.50 bits per heavy atom. The van der Waals surface area contributed by atoms with Crippen LogP contribution in [0.1, 0.15) is 19.3 Å². The van der Waals surface area contributed by atoms with Crippen LogP contribution in [0.4, 0.5) is 0 Å². The number of fused-ring (bicyclic) bond motifs is 2. The second kappa shape index (κ2) is 3.62. The van der Waals surface area contributed by atoms with Gasteiger partial charge in [0.05, 0.1) is 6.54 Å². The van der Waals surface area contributed by atoms with Crippen LogP contribution in [0, 0.1) is 5.92 Å². The van der Waals surface area contributed by atoms with E-state index in [-0.39, 0.29) is 19.0 Å². The van der Waals surface area contributed by atoms with E-state index < -0.39 is 5.97 Å². The summed E-state index contributed by atoms with van der Waals surface area (Å²) in [6.45, 7) is 1.28. The maximum Gasteiger partial charge on any atom is 0.317 e. The van der Waals surface area contributed by atoms with Crippen LogP contribution in [0.2, 0.25) is 0 Å². The van der Waals surface area contributed by atoms with Crippen LogP contribution in [-0.4, -0.2) is 35.1 Å². The SMILES string of the molecule is Cl.O=C(O)CN1CC2CCC1C2. The monoisotopic (exact) mass is 191 g/mol. The van der Waals surface area contributed by atoms with E-state index >= 15 is 0 Å². The van der Waals surface area contributed by atoms with Gasteiger partial charge in [-0.15, -0.1) is 12.4 Å². The Balaban J connectivity index is 0.000000720. The molecule has 1 saturated heterocycles. The third-order valence-corrected chi connectivity index (χ3v) is 2.86. The van der Waals surface area contributed by atoms with Crippen LogP contribution < -0.4 is 0 Å². The normalized spacial score (nSPS) is 33.3. The maximum atomic E-state index is 10.4. The summed E-state index contributed by atoms with van der Waals surface area (Å²) in [6.07, 6.45) is 3.78. The summed E-state index contributed by atoms with van der Waals surface area (Å²) in [6, 6.07) is 0.594. The Kier molecular flexibility index (Phi) is 2.96. The topological polar surface area (TPSA) is 40.5 Å². The number of carbonyl (C=O) groups is 1. The summed E-state index contributed by atoms with van der Waals surface area (Å²) < 4.78 is 0. The molecular formula is C8H14ClNO2. The molecule has 70 valence electrons. The van der Waals surface area contributed by atoms with Crippen molar-refractivity contribution in [2.45, 2.75) is 25.3 Å². The number of carboxylic acid groups (broad SMARTS) is 1. The zero-order valence-electron chi connectivity index (χ0n) is 6.90. The van der Waals surface area contributed by atoms with Gasteiger partial charge in [-0.05, 0) is 25.2 Å². The van der Waals surface area contributed by atoms with Gasteiger partial charge < -0.3 is 5.11 Å².